The molecule has 1 amide bonds. The molecule has 4 nitrogen and oxygen atoms in total. The molecule has 0 aromatic heterocycles. The Morgan fingerprint density at radius 2 is 1.48 bits per heavy atom. The number of benzene rings is 2. The van der Waals surface area contributed by atoms with Gasteiger partial charge in [-0.2, -0.15) is 4.79 Å². The second-order valence-corrected chi connectivity index (χ2v) is 4.64. The molecule has 0 heterocycles. The average Bonchev–Trinajstić information content (AvgIpc) is 2.63. The zero-order valence-electron chi connectivity index (χ0n) is 14.1. The lowest BCUT2D eigenvalue weighted by molar-refractivity contribution is -0.544. The van der Waals surface area contributed by atoms with Crippen LogP contribution in [0.2, 0.25) is 0 Å². The lowest BCUT2D eigenvalue weighted by Crippen LogP contribution is -2.84. The summed E-state index contributed by atoms with van der Waals surface area (Å²) in [6, 6.07) is 19.7. The van der Waals surface area contributed by atoms with Crippen LogP contribution in [0.1, 0.15) is 25.0 Å². The number of amides is 1. The van der Waals surface area contributed by atoms with Crippen LogP contribution in [0.15, 0.2) is 60.7 Å². The van der Waals surface area contributed by atoms with Gasteiger partial charge >= 0.3 is 6.09 Å². The maximum Gasteiger partial charge on any atom is 0.514 e. The number of carbonyl (C=O) groups excluding carboxylic acids is 1. The minimum absolute atomic E-state index is 0.371. The first-order valence-corrected chi connectivity index (χ1v) is 7.97. The van der Waals surface area contributed by atoms with E-state index in [1.54, 1.807) is 7.05 Å². The van der Waals surface area contributed by atoms with E-state index in [0.29, 0.717) is 13.0 Å². The highest BCUT2D eigenvalue weighted by atomic mass is 16.7. The normalized spacial score (nSPS) is 11.1. The summed E-state index contributed by atoms with van der Waals surface area (Å²) in [7, 11) is 1.65. The molecule has 2 N–H and O–H groups in total. The molecule has 0 saturated carbocycles. The second-order valence-electron chi connectivity index (χ2n) is 4.64. The van der Waals surface area contributed by atoms with Crippen LogP contribution in [0.5, 0.6) is 0 Å². The van der Waals surface area contributed by atoms with Gasteiger partial charge in [-0.15, -0.1) is 0 Å². The highest BCUT2D eigenvalue weighted by molar-refractivity contribution is 5.55. The van der Waals surface area contributed by atoms with E-state index in [2.05, 4.69) is 0 Å². The molecule has 0 saturated heterocycles. The van der Waals surface area contributed by atoms with Crippen LogP contribution in [-0.2, 0) is 22.5 Å². The Balaban J connectivity index is 0.00000127. The van der Waals surface area contributed by atoms with Crippen molar-refractivity contribution in [2.75, 3.05) is 7.05 Å². The number of quaternary nitrogens is 1. The Kier molecular flexibility index (Phi) is 9.36. The molecule has 2 aromatic rings. The monoisotopic (exact) mass is 316 g/mol. The van der Waals surface area contributed by atoms with E-state index in [4.69, 9.17) is 9.47 Å². The van der Waals surface area contributed by atoms with Gasteiger partial charge in [0.15, 0.2) is 0 Å². The van der Waals surface area contributed by atoms with Gasteiger partial charge in [0.05, 0.1) is 13.7 Å². The molecule has 2 rings (SSSR count). The predicted octanol–water partition coefficient (Wildman–Crippen LogP) is 3.13. The smallest absolute Gasteiger partial charge is 0.390 e. The lowest BCUT2D eigenvalue weighted by atomic mass is 10.1. The summed E-state index contributed by atoms with van der Waals surface area (Å²) in [6.45, 7) is 4.41. The quantitative estimate of drug-likeness (QED) is 0.833. The van der Waals surface area contributed by atoms with Crippen molar-refractivity contribution in [2.45, 2.75) is 33.2 Å². The van der Waals surface area contributed by atoms with E-state index in [0.717, 1.165) is 11.1 Å². The fraction of sp³-hybridized carbons (Fsp3) is 0.316. The Morgan fingerprint density at radius 1 is 0.957 bits per heavy atom. The summed E-state index contributed by atoms with van der Waals surface area (Å²) < 4.78 is 11.1. The number of rotatable bonds is 6. The van der Waals surface area contributed by atoms with Gasteiger partial charge in [0.25, 0.3) is 0 Å². The van der Waals surface area contributed by atoms with Crippen molar-refractivity contribution in [2.24, 2.45) is 0 Å². The van der Waals surface area contributed by atoms with Gasteiger partial charge in [0.1, 0.15) is 0 Å². The third kappa shape index (κ3) is 7.58. The van der Waals surface area contributed by atoms with Gasteiger partial charge in [-0.3, -0.25) is 0 Å². The van der Waals surface area contributed by atoms with Gasteiger partial charge in [-0.05, 0) is 11.1 Å². The molecule has 1 atom stereocenters. The SMILES string of the molecule is CC.C[NH2+]C(=O)OC(Cc1ccccc1)OCc1ccccc1. The highest BCUT2D eigenvalue weighted by Gasteiger charge is 2.17. The van der Waals surface area contributed by atoms with Crippen LogP contribution in [0.3, 0.4) is 0 Å². The first-order valence-electron chi connectivity index (χ1n) is 7.97. The molecular formula is C19H26NO3+. The number of primary amides is 1. The largest absolute Gasteiger partial charge is 0.514 e. The second kappa shape index (κ2) is 11.4. The number of hydrogen-bond donors (Lipinski definition) is 1. The van der Waals surface area contributed by atoms with Gasteiger partial charge in [-0.25, -0.2) is 5.32 Å². The minimum atomic E-state index is -0.587. The lowest BCUT2D eigenvalue weighted by Gasteiger charge is -2.17. The maximum absolute atomic E-state index is 11.5. The number of hydrogen-bond acceptors (Lipinski definition) is 3. The Hall–Kier alpha value is -2.17. The third-order valence-corrected chi connectivity index (χ3v) is 3.01. The van der Waals surface area contributed by atoms with E-state index in [1.807, 2.05) is 74.5 Å². The van der Waals surface area contributed by atoms with Crippen molar-refractivity contribution >= 4 is 6.09 Å². The Labute approximate surface area is 138 Å². The molecule has 0 spiro atoms. The summed E-state index contributed by atoms with van der Waals surface area (Å²) in [6.07, 6.45) is -0.423. The van der Waals surface area contributed by atoms with E-state index in [9.17, 15) is 4.79 Å². The van der Waals surface area contributed by atoms with E-state index in [-0.39, 0.29) is 6.09 Å². The Morgan fingerprint density at radius 3 is 2.00 bits per heavy atom. The molecular weight excluding hydrogens is 290 g/mol. The van der Waals surface area contributed by atoms with Crippen molar-refractivity contribution in [1.82, 2.24) is 0 Å². The van der Waals surface area contributed by atoms with Crippen LogP contribution in [0.4, 0.5) is 4.79 Å². The van der Waals surface area contributed by atoms with E-state index >= 15 is 0 Å². The summed E-state index contributed by atoms with van der Waals surface area (Å²) in [5.74, 6) is 0. The summed E-state index contributed by atoms with van der Waals surface area (Å²) >= 11 is 0. The molecule has 0 bridgehead atoms. The van der Waals surface area contributed by atoms with Gasteiger partial charge in [0, 0.05) is 6.42 Å². The standard InChI is InChI=1S/C17H19NO3.C2H6/c1-18-17(19)21-16(12-14-8-4-2-5-9-14)20-13-15-10-6-3-7-11-15;1-2/h2-11,16H,12-13H2,1H3,(H,18,19);1-2H3/p+1. The molecule has 4 heteroatoms. The predicted molar refractivity (Wildman–Crippen MR) is 90.8 cm³/mol. The zero-order valence-corrected chi connectivity index (χ0v) is 14.1. The highest BCUT2D eigenvalue weighted by Crippen LogP contribution is 2.10. The Bertz CT molecular complexity index is 543. The maximum atomic E-state index is 11.5. The fourth-order valence-electron chi connectivity index (χ4n) is 1.90. The van der Waals surface area contributed by atoms with E-state index in [1.165, 1.54) is 5.32 Å². The van der Waals surface area contributed by atoms with Crippen LogP contribution in [0, 0.1) is 0 Å². The molecule has 0 aliphatic carbocycles. The van der Waals surface area contributed by atoms with Crippen molar-refractivity contribution in [1.29, 1.82) is 0 Å². The molecule has 0 aliphatic heterocycles. The first kappa shape index (κ1) is 18.9. The summed E-state index contributed by atoms with van der Waals surface area (Å²) in [5, 5.41) is 1.39. The molecule has 0 aliphatic rings. The van der Waals surface area contributed by atoms with Crippen molar-refractivity contribution in [3.05, 3.63) is 71.8 Å². The third-order valence-electron chi connectivity index (χ3n) is 3.01. The topological polar surface area (TPSA) is 52.1 Å². The molecule has 0 radical (unpaired) electrons. The summed E-state index contributed by atoms with van der Waals surface area (Å²) in [5.41, 5.74) is 2.12. The number of carbonyl (C=O) groups is 1. The summed E-state index contributed by atoms with van der Waals surface area (Å²) in [4.78, 5) is 11.5. The van der Waals surface area contributed by atoms with Crippen molar-refractivity contribution in [3.63, 3.8) is 0 Å². The van der Waals surface area contributed by atoms with Crippen LogP contribution < -0.4 is 5.32 Å². The van der Waals surface area contributed by atoms with Gasteiger partial charge in [0.2, 0.25) is 6.29 Å². The molecule has 124 valence electrons. The molecule has 0 fully saturated rings. The molecule has 1 unspecified atom stereocenters. The number of nitrogens with two attached hydrogens (primary N) is 1. The minimum Gasteiger partial charge on any atom is -0.390 e. The van der Waals surface area contributed by atoms with Crippen LogP contribution in [-0.4, -0.2) is 19.4 Å². The average molecular weight is 316 g/mol. The van der Waals surface area contributed by atoms with Gasteiger partial charge in [-0.1, -0.05) is 74.5 Å². The van der Waals surface area contributed by atoms with Crippen LogP contribution >= 0.6 is 0 Å². The first-order chi connectivity index (χ1) is 11.3. The van der Waals surface area contributed by atoms with Crippen molar-refractivity contribution in [3.8, 4) is 0 Å². The fourth-order valence-corrected chi connectivity index (χ4v) is 1.90. The van der Waals surface area contributed by atoms with E-state index < -0.39 is 6.29 Å². The molecule has 2 aromatic carbocycles. The molecule has 23 heavy (non-hydrogen) atoms. The van der Waals surface area contributed by atoms with Crippen molar-refractivity contribution < 1.29 is 19.6 Å². The van der Waals surface area contributed by atoms with Crippen LogP contribution in [0.25, 0.3) is 0 Å². The zero-order chi connectivity index (χ0) is 16.9. The van der Waals surface area contributed by atoms with Gasteiger partial charge < -0.3 is 9.47 Å². The number of ether oxygens (including phenoxy) is 2.